The number of aromatic nitrogens is 3. The Hall–Kier alpha value is -2.17. The van der Waals surface area contributed by atoms with Gasteiger partial charge in [-0.25, -0.2) is 9.67 Å². The zero-order valence-electron chi connectivity index (χ0n) is 11.2. The summed E-state index contributed by atoms with van der Waals surface area (Å²) in [6, 6.07) is 5.65. The number of hydrogen-bond acceptors (Lipinski definition) is 3. The standard InChI is InChI=1S/C14H18N4O/c1-3-11(2)14(19)16-10-12-6-4-7-15-13(12)18-9-5-8-17-18/h4-9,11H,3,10H2,1-2H3,(H,16,19)/t11-/m1/s1. The molecule has 2 aromatic heterocycles. The number of carbonyl (C=O) groups excluding carboxylic acids is 1. The van der Waals surface area contributed by atoms with Gasteiger partial charge in [0.25, 0.3) is 0 Å². The van der Waals surface area contributed by atoms with Crippen molar-refractivity contribution in [3.63, 3.8) is 0 Å². The molecule has 2 rings (SSSR count). The first-order valence-electron chi connectivity index (χ1n) is 6.44. The highest BCUT2D eigenvalue weighted by Gasteiger charge is 2.11. The Labute approximate surface area is 112 Å². The number of nitrogens with one attached hydrogen (secondary N) is 1. The fourth-order valence-electron chi connectivity index (χ4n) is 1.71. The summed E-state index contributed by atoms with van der Waals surface area (Å²) in [4.78, 5) is 16.1. The van der Waals surface area contributed by atoms with E-state index >= 15 is 0 Å². The van der Waals surface area contributed by atoms with E-state index < -0.39 is 0 Å². The average Bonchev–Trinajstić information content (AvgIpc) is 2.98. The molecule has 1 amide bonds. The second kappa shape index (κ2) is 6.13. The highest BCUT2D eigenvalue weighted by molar-refractivity contribution is 5.78. The SMILES string of the molecule is CC[C@@H](C)C(=O)NCc1cccnc1-n1cccn1. The molecule has 5 nitrogen and oxygen atoms in total. The van der Waals surface area contributed by atoms with Crippen LogP contribution in [-0.4, -0.2) is 20.7 Å². The molecule has 1 N–H and O–H groups in total. The van der Waals surface area contributed by atoms with Crippen molar-refractivity contribution in [1.82, 2.24) is 20.1 Å². The van der Waals surface area contributed by atoms with Crippen molar-refractivity contribution in [2.45, 2.75) is 26.8 Å². The molecule has 1 atom stereocenters. The molecule has 0 saturated heterocycles. The van der Waals surface area contributed by atoms with Gasteiger partial charge in [-0.05, 0) is 18.6 Å². The first-order valence-corrected chi connectivity index (χ1v) is 6.44. The zero-order valence-corrected chi connectivity index (χ0v) is 11.2. The minimum atomic E-state index is 0.0322. The van der Waals surface area contributed by atoms with Gasteiger partial charge in [0.05, 0.1) is 0 Å². The number of carbonyl (C=O) groups is 1. The van der Waals surface area contributed by atoms with Crippen molar-refractivity contribution in [1.29, 1.82) is 0 Å². The maximum absolute atomic E-state index is 11.8. The summed E-state index contributed by atoms with van der Waals surface area (Å²) in [6.07, 6.45) is 6.10. The Morgan fingerprint density at radius 3 is 2.95 bits per heavy atom. The van der Waals surface area contributed by atoms with Gasteiger partial charge in [-0.1, -0.05) is 19.9 Å². The maximum Gasteiger partial charge on any atom is 0.223 e. The molecule has 5 heteroatoms. The number of pyridine rings is 1. The summed E-state index contributed by atoms with van der Waals surface area (Å²) in [7, 11) is 0. The fraction of sp³-hybridized carbons (Fsp3) is 0.357. The number of rotatable bonds is 5. The highest BCUT2D eigenvalue weighted by atomic mass is 16.1. The van der Waals surface area contributed by atoms with Gasteiger partial charge in [0.15, 0.2) is 5.82 Å². The summed E-state index contributed by atoms with van der Waals surface area (Å²) in [5.41, 5.74) is 0.947. The average molecular weight is 258 g/mol. The lowest BCUT2D eigenvalue weighted by Gasteiger charge is -2.12. The third kappa shape index (κ3) is 3.19. The van der Waals surface area contributed by atoms with Gasteiger partial charge in [-0.3, -0.25) is 4.79 Å². The Bertz CT molecular complexity index is 536. The molecule has 100 valence electrons. The lowest BCUT2D eigenvalue weighted by atomic mass is 10.1. The molecule has 0 bridgehead atoms. The molecular formula is C14H18N4O. The molecule has 0 fully saturated rings. The molecule has 0 unspecified atom stereocenters. The van der Waals surface area contributed by atoms with Gasteiger partial charge >= 0.3 is 0 Å². The van der Waals surface area contributed by atoms with Crippen molar-refractivity contribution in [2.24, 2.45) is 5.92 Å². The lowest BCUT2D eigenvalue weighted by Crippen LogP contribution is -2.28. The number of nitrogens with zero attached hydrogens (tertiary/aromatic N) is 3. The first-order chi connectivity index (χ1) is 9.22. The molecule has 0 saturated carbocycles. The maximum atomic E-state index is 11.8. The molecule has 0 spiro atoms. The van der Waals surface area contributed by atoms with E-state index in [2.05, 4.69) is 15.4 Å². The molecule has 0 aromatic carbocycles. The molecule has 0 aliphatic heterocycles. The monoisotopic (exact) mass is 258 g/mol. The predicted octanol–water partition coefficient (Wildman–Crippen LogP) is 1.93. The van der Waals surface area contributed by atoms with Crippen molar-refractivity contribution < 1.29 is 4.79 Å². The second-order valence-electron chi connectivity index (χ2n) is 4.46. The molecule has 2 aromatic rings. The summed E-state index contributed by atoms with van der Waals surface area (Å²) in [5, 5.41) is 7.10. The Kier molecular flexibility index (Phi) is 4.28. The lowest BCUT2D eigenvalue weighted by molar-refractivity contribution is -0.124. The smallest absolute Gasteiger partial charge is 0.223 e. The van der Waals surface area contributed by atoms with Crippen LogP contribution in [-0.2, 0) is 11.3 Å². The zero-order chi connectivity index (χ0) is 13.7. The minimum absolute atomic E-state index is 0.0322. The predicted molar refractivity (Wildman–Crippen MR) is 72.7 cm³/mol. The molecule has 0 aliphatic rings. The van der Waals surface area contributed by atoms with Crippen LogP contribution in [0.4, 0.5) is 0 Å². The second-order valence-corrected chi connectivity index (χ2v) is 4.46. The van der Waals surface area contributed by atoms with E-state index in [-0.39, 0.29) is 11.8 Å². The van der Waals surface area contributed by atoms with Crippen LogP contribution >= 0.6 is 0 Å². The van der Waals surface area contributed by atoms with Crippen molar-refractivity contribution in [3.8, 4) is 5.82 Å². The molecule has 0 aliphatic carbocycles. The van der Waals surface area contributed by atoms with Crippen molar-refractivity contribution >= 4 is 5.91 Å². The first kappa shape index (κ1) is 13.3. The van der Waals surface area contributed by atoms with Crippen LogP contribution in [0.3, 0.4) is 0 Å². The van der Waals surface area contributed by atoms with Crippen LogP contribution < -0.4 is 5.32 Å². The Balaban J connectivity index is 2.11. The summed E-state index contributed by atoms with van der Waals surface area (Å²) in [6.45, 7) is 4.39. The van der Waals surface area contributed by atoms with E-state index in [0.717, 1.165) is 17.8 Å². The van der Waals surface area contributed by atoms with Crippen LogP contribution in [0, 0.1) is 5.92 Å². The van der Waals surface area contributed by atoms with E-state index in [4.69, 9.17) is 0 Å². The third-order valence-corrected chi connectivity index (χ3v) is 3.10. The summed E-state index contributed by atoms with van der Waals surface area (Å²) < 4.78 is 1.70. The van der Waals surface area contributed by atoms with E-state index in [1.54, 1.807) is 17.1 Å². The van der Waals surface area contributed by atoms with E-state index in [9.17, 15) is 4.79 Å². The quantitative estimate of drug-likeness (QED) is 0.891. The van der Waals surface area contributed by atoms with Gasteiger partial charge < -0.3 is 5.32 Å². The summed E-state index contributed by atoms with van der Waals surface area (Å²) >= 11 is 0. The van der Waals surface area contributed by atoms with Gasteiger partial charge in [-0.15, -0.1) is 0 Å². The molecule has 0 radical (unpaired) electrons. The van der Waals surface area contributed by atoms with E-state index in [0.29, 0.717) is 6.54 Å². The summed E-state index contributed by atoms with van der Waals surface area (Å²) in [5.74, 6) is 0.847. The molecule has 19 heavy (non-hydrogen) atoms. The van der Waals surface area contributed by atoms with Crippen molar-refractivity contribution in [3.05, 3.63) is 42.4 Å². The topological polar surface area (TPSA) is 59.8 Å². The van der Waals surface area contributed by atoms with Crippen LogP contribution in [0.25, 0.3) is 5.82 Å². The highest BCUT2D eigenvalue weighted by Crippen LogP contribution is 2.10. The van der Waals surface area contributed by atoms with E-state index in [1.807, 2.05) is 38.2 Å². The fourth-order valence-corrected chi connectivity index (χ4v) is 1.71. The molecular weight excluding hydrogens is 240 g/mol. The van der Waals surface area contributed by atoms with Crippen molar-refractivity contribution in [2.75, 3.05) is 0 Å². The molecule has 2 heterocycles. The Morgan fingerprint density at radius 1 is 1.42 bits per heavy atom. The van der Waals surface area contributed by atoms with Crippen LogP contribution in [0.5, 0.6) is 0 Å². The van der Waals surface area contributed by atoms with Crippen LogP contribution in [0.2, 0.25) is 0 Å². The third-order valence-electron chi connectivity index (χ3n) is 3.10. The van der Waals surface area contributed by atoms with Gasteiger partial charge in [-0.2, -0.15) is 5.10 Å². The van der Waals surface area contributed by atoms with Crippen LogP contribution in [0.1, 0.15) is 25.8 Å². The largest absolute Gasteiger partial charge is 0.352 e. The van der Waals surface area contributed by atoms with Crippen LogP contribution in [0.15, 0.2) is 36.8 Å². The van der Waals surface area contributed by atoms with E-state index in [1.165, 1.54) is 0 Å². The normalized spacial score (nSPS) is 12.1. The van der Waals surface area contributed by atoms with Gasteiger partial charge in [0.1, 0.15) is 0 Å². The van der Waals surface area contributed by atoms with Gasteiger partial charge in [0, 0.05) is 36.6 Å². The van der Waals surface area contributed by atoms with Gasteiger partial charge in [0.2, 0.25) is 5.91 Å². The number of hydrogen-bond donors (Lipinski definition) is 1. The minimum Gasteiger partial charge on any atom is -0.352 e. The number of amides is 1. The Morgan fingerprint density at radius 2 is 2.26 bits per heavy atom.